The quantitative estimate of drug-likeness (QED) is 0.335. The van der Waals surface area contributed by atoms with Crippen LogP contribution in [0.15, 0.2) is 42.6 Å². The van der Waals surface area contributed by atoms with Crippen LogP contribution in [0.5, 0.6) is 0 Å². The molecular formula is C29H40N4OSSi. The van der Waals surface area contributed by atoms with Crippen LogP contribution in [0.2, 0.25) is 18.1 Å². The van der Waals surface area contributed by atoms with Crippen LogP contribution in [-0.2, 0) is 22.8 Å². The highest BCUT2D eigenvalue weighted by molar-refractivity contribution is 8.00. The van der Waals surface area contributed by atoms with E-state index in [1.165, 1.54) is 11.1 Å². The van der Waals surface area contributed by atoms with Crippen LogP contribution in [0.1, 0.15) is 63.3 Å². The molecule has 5 nitrogen and oxygen atoms in total. The maximum atomic E-state index is 6.67. The molecule has 0 spiro atoms. The molecule has 0 amide bonds. The number of hydrogen-bond donors (Lipinski definition) is 0. The highest BCUT2D eigenvalue weighted by Crippen LogP contribution is 2.53. The summed E-state index contributed by atoms with van der Waals surface area (Å²) in [6.45, 7) is 17.8. The molecule has 0 radical (unpaired) electrons. The predicted octanol–water partition coefficient (Wildman–Crippen LogP) is 6.80. The zero-order chi connectivity index (χ0) is 25.8. The van der Waals surface area contributed by atoms with Gasteiger partial charge < -0.3 is 8.99 Å². The molecule has 0 N–H and O–H groups in total. The highest BCUT2D eigenvalue weighted by Gasteiger charge is 2.51. The summed E-state index contributed by atoms with van der Waals surface area (Å²) >= 11 is 2.04. The van der Waals surface area contributed by atoms with Crippen molar-refractivity contribution in [2.24, 2.45) is 0 Å². The summed E-state index contributed by atoms with van der Waals surface area (Å²) in [5, 5.41) is 9.79. The summed E-state index contributed by atoms with van der Waals surface area (Å²) in [4.78, 5) is 4.56. The predicted molar refractivity (Wildman–Crippen MR) is 152 cm³/mol. The van der Waals surface area contributed by atoms with Crippen molar-refractivity contribution in [3.8, 4) is 11.3 Å². The molecule has 1 aliphatic heterocycles. The second-order valence-electron chi connectivity index (χ2n) is 12.5. The van der Waals surface area contributed by atoms with E-state index >= 15 is 0 Å². The molecule has 3 heterocycles. The fourth-order valence-corrected chi connectivity index (χ4v) is 7.24. The normalized spacial score (nSPS) is 21.6. The average Bonchev–Trinajstić information content (AvgIpc) is 3.57. The van der Waals surface area contributed by atoms with E-state index in [1.54, 1.807) is 0 Å². The highest BCUT2D eigenvalue weighted by atomic mass is 32.2. The van der Waals surface area contributed by atoms with Crippen LogP contribution in [0.4, 0.5) is 0 Å². The number of benzene rings is 1. The summed E-state index contributed by atoms with van der Waals surface area (Å²) in [6.07, 6.45) is 5.04. The number of hydrogen-bond acceptors (Lipinski definition) is 5. The molecule has 0 bridgehead atoms. The van der Waals surface area contributed by atoms with Crippen LogP contribution < -0.4 is 0 Å². The standard InChI is InChI=1S/C29H40N4OSSi/c1-21-12-15-30-24(18-21)22-8-10-23(11-9-22)29(13-14-29)26-32-31-25-19-28(5,35-17-16-33(25)26)20-34-36(6,7)27(2,3)4/h8-12,15,18H,13-14,16-17,19-20H2,1-7H3. The minimum atomic E-state index is -1.80. The van der Waals surface area contributed by atoms with Gasteiger partial charge in [0.1, 0.15) is 11.6 Å². The van der Waals surface area contributed by atoms with Crippen molar-refractivity contribution in [2.75, 3.05) is 12.4 Å². The molecule has 192 valence electrons. The average molecular weight is 521 g/mol. The van der Waals surface area contributed by atoms with Crippen molar-refractivity contribution in [3.05, 3.63) is 65.4 Å². The van der Waals surface area contributed by atoms with Crippen molar-refractivity contribution < 1.29 is 4.43 Å². The molecule has 0 saturated heterocycles. The smallest absolute Gasteiger partial charge is 0.192 e. The first-order valence-electron chi connectivity index (χ1n) is 13.2. The maximum Gasteiger partial charge on any atom is 0.192 e. The van der Waals surface area contributed by atoms with E-state index in [0.717, 1.165) is 61.1 Å². The summed E-state index contributed by atoms with van der Waals surface area (Å²) in [5.41, 5.74) is 4.75. The monoisotopic (exact) mass is 520 g/mol. The molecule has 1 aliphatic carbocycles. The first-order chi connectivity index (χ1) is 16.9. The molecule has 36 heavy (non-hydrogen) atoms. The molecule has 1 fully saturated rings. The van der Waals surface area contributed by atoms with Gasteiger partial charge in [0.05, 0.1) is 11.1 Å². The SMILES string of the molecule is Cc1ccnc(-c2ccc(C3(c4nnc5n4CCSC(C)(CO[Si](C)(C)C(C)(C)C)C5)CC3)cc2)c1. The molecule has 5 rings (SSSR count). The topological polar surface area (TPSA) is 52.8 Å². The Morgan fingerprint density at radius 1 is 1.08 bits per heavy atom. The minimum Gasteiger partial charge on any atom is -0.415 e. The van der Waals surface area contributed by atoms with Gasteiger partial charge in [-0.15, -0.1) is 10.2 Å². The summed E-state index contributed by atoms with van der Waals surface area (Å²) in [6, 6.07) is 13.2. The molecule has 2 aromatic heterocycles. The lowest BCUT2D eigenvalue weighted by Gasteiger charge is -2.39. The van der Waals surface area contributed by atoms with E-state index in [9.17, 15) is 0 Å². The number of rotatable bonds is 6. The van der Waals surface area contributed by atoms with Crippen molar-refractivity contribution in [1.82, 2.24) is 19.7 Å². The van der Waals surface area contributed by atoms with Gasteiger partial charge in [-0.05, 0) is 68.1 Å². The van der Waals surface area contributed by atoms with E-state index < -0.39 is 8.32 Å². The van der Waals surface area contributed by atoms with E-state index in [4.69, 9.17) is 14.6 Å². The third-order valence-corrected chi connectivity index (χ3v) is 14.3. The van der Waals surface area contributed by atoms with Crippen LogP contribution >= 0.6 is 11.8 Å². The summed E-state index contributed by atoms with van der Waals surface area (Å²) in [7, 11) is -1.80. The van der Waals surface area contributed by atoms with Crippen LogP contribution in [0.3, 0.4) is 0 Å². The second-order valence-corrected chi connectivity index (χ2v) is 19.0. The van der Waals surface area contributed by atoms with Crippen LogP contribution in [-0.4, -0.2) is 45.2 Å². The third kappa shape index (κ3) is 4.82. The van der Waals surface area contributed by atoms with Gasteiger partial charge in [-0.1, -0.05) is 45.0 Å². The lowest BCUT2D eigenvalue weighted by Crippen LogP contribution is -2.45. The van der Waals surface area contributed by atoms with Gasteiger partial charge in [0, 0.05) is 41.8 Å². The molecule has 3 aromatic rings. The largest absolute Gasteiger partial charge is 0.415 e. The second kappa shape index (κ2) is 9.10. The Morgan fingerprint density at radius 3 is 2.44 bits per heavy atom. The Hall–Kier alpha value is -1.96. The third-order valence-electron chi connectivity index (χ3n) is 8.50. The number of fused-ring (bicyclic) bond motifs is 1. The number of thioether (sulfide) groups is 1. The molecule has 1 aromatic carbocycles. The van der Waals surface area contributed by atoms with E-state index in [1.807, 2.05) is 24.0 Å². The minimum absolute atomic E-state index is 0.00708. The fraction of sp³-hybridized carbons (Fsp3) is 0.552. The Kier molecular flexibility index (Phi) is 6.49. The molecule has 1 atom stereocenters. The molecule has 2 aliphatic rings. The first-order valence-corrected chi connectivity index (χ1v) is 17.1. The summed E-state index contributed by atoms with van der Waals surface area (Å²) in [5.74, 6) is 3.32. The van der Waals surface area contributed by atoms with Gasteiger partial charge >= 0.3 is 0 Å². The van der Waals surface area contributed by atoms with Gasteiger partial charge in [0.2, 0.25) is 0 Å². The van der Waals surface area contributed by atoms with Crippen molar-refractivity contribution in [1.29, 1.82) is 0 Å². The van der Waals surface area contributed by atoms with Gasteiger partial charge in [0.15, 0.2) is 8.32 Å². The zero-order valence-electron chi connectivity index (χ0n) is 22.9. The molecule has 7 heteroatoms. The number of nitrogens with zero attached hydrogens (tertiary/aromatic N) is 4. The van der Waals surface area contributed by atoms with Gasteiger partial charge in [-0.2, -0.15) is 11.8 Å². The fourth-order valence-electron chi connectivity index (χ4n) is 4.89. The van der Waals surface area contributed by atoms with E-state index in [2.05, 4.69) is 87.6 Å². The van der Waals surface area contributed by atoms with Crippen molar-refractivity contribution >= 4 is 20.1 Å². The van der Waals surface area contributed by atoms with Gasteiger partial charge in [0.25, 0.3) is 0 Å². The van der Waals surface area contributed by atoms with Gasteiger partial charge in [-0.3, -0.25) is 4.98 Å². The van der Waals surface area contributed by atoms with E-state index in [-0.39, 0.29) is 15.2 Å². The Labute approximate surface area is 221 Å². The Morgan fingerprint density at radius 2 is 1.81 bits per heavy atom. The maximum absolute atomic E-state index is 6.67. The Bertz CT molecular complexity index is 1240. The van der Waals surface area contributed by atoms with Crippen LogP contribution in [0.25, 0.3) is 11.3 Å². The number of aromatic nitrogens is 4. The first kappa shape index (κ1) is 25.7. The number of aryl methyl sites for hydroxylation is 1. The van der Waals surface area contributed by atoms with Gasteiger partial charge in [-0.25, -0.2) is 0 Å². The molecule has 1 saturated carbocycles. The lowest BCUT2D eigenvalue weighted by molar-refractivity contribution is 0.252. The van der Waals surface area contributed by atoms with Crippen molar-refractivity contribution in [3.63, 3.8) is 0 Å². The van der Waals surface area contributed by atoms with Crippen molar-refractivity contribution in [2.45, 2.75) is 88.7 Å². The molecule has 1 unspecified atom stereocenters. The molecular weight excluding hydrogens is 480 g/mol. The zero-order valence-corrected chi connectivity index (χ0v) is 24.7. The van der Waals surface area contributed by atoms with E-state index in [0.29, 0.717) is 0 Å². The lowest BCUT2D eigenvalue weighted by atomic mass is 9.93. The number of pyridine rings is 1. The van der Waals surface area contributed by atoms with Crippen LogP contribution in [0, 0.1) is 6.92 Å². The Balaban J connectivity index is 1.37. The summed E-state index contributed by atoms with van der Waals surface area (Å²) < 4.78 is 9.12.